The van der Waals surface area contributed by atoms with Crippen LogP contribution >= 0.6 is 0 Å². The molecule has 9 aromatic carbocycles. The van der Waals surface area contributed by atoms with E-state index in [1.807, 2.05) is 0 Å². The molecule has 2 heteroatoms. The maximum Gasteiger partial charge on any atom is 0.0544 e. The van der Waals surface area contributed by atoms with Crippen LogP contribution in [0.25, 0.3) is 77.1 Å². The molecule has 0 aliphatic rings. The Hall–Kier alpha value is -7.16. The van der Waals surface area contributed by atoms with Crippen molar-refractivity contribution < 1.29 is 0 Å². The molecule has 0 spiro atoms. The standard InChI is InChI=1S/C56H44N2/c1-36-22-27-48(38(3)30-36)49-28-26-45(31-39(49)4)58(47-33-43(40-14-7-5-8-15-40)32-44(34-47)41-16-9-6-10-17-41)46-25-23-37(2)53(35-46)51-20-13-21-52-55-50-19-12-11-18-42(50)24-29-54(55)57-56(51)52/h5-35,57H,1-4H3. The number of fused-ring (bicyclic) bond motifs is 5. The van der Waals surface area contributed by atoms with Gasteiger partial charge < -0.3 is 9.88 Å². The molecule has 0 amide bonds. The normalized spacial score (nSPS) is 11.4. The number of H-pyrrole nitrogens is 1. The highest BCUT2D eigenvalue weighted by Gasteiger charge is 2.20. The van der Waals surface area contributed by atoms with E-state index in [-0.39, 0.29) is 0 Å². The van der Waals surface area contributed by atoms with E-state index in [0.717, 1.165) is 28.1 Å². The Balaban J connectivity index is 1.20. The highest BCUT2D eigenvalue weighted by molar-refractivity contribution is 6.22. The van der Waals surface area contributed by atoms with Gasteiger partial charge in [0.15, 0.2) is 0 Å². The monoisotopic (exact) mass is 744 g/mol. The lowest BCUT2D eigenvalue weighted by Gasteiger charge is -2.28. The van der Waals surface area contributed by atoms with Crippen LogP contribution in [0.1, 0.15) is 22.3 Å². The molecule has 1 heterocycles. The average Bonchev–Trinajstić information content (AvgIpc) is 3.65. The Morgan fingerprint density at radius 3 is 1.69 bits per heavy atom. The summed E-state index contributed by atoms with van der Waals surface area (Å²) in [7, 11) is 0. The molecule has 1 aromatic heterocycles. The smallest absolute Gasteiger partial charge is 0.0544 e. The summed E-state index contributed by atoms with van der Waals surface area (Å²) in [6, 6.07) is 69.0. The van der Waals surface area contributed by atoms with Gasteiger partial charge in [-0.3, -0.25) is 0 Å². The zero-order valence-corrected chi connectivity index (χ0v) is 33.3. The molecule has 278 valence electrons. The third-order valence-electron chi connectivity index (χ3n) is 11.8. The van der Waals surface area contributed by atoms with E-state index in [0.29, 0.717) is 0 Å². The summed E-state index contributed by atoms with van der Waals surface area (Å²) in [6.45, 7) is 8.85. The summed E-state index contributed by atoms with van der Waals surface area (Å²) < 4.78 is 0. The molecule has 1 N–H and O–H groups in total. The second kappa shape index (κ2) is 14.4. The minimum atomic E-state index is 1.10. The van der Waals surface area contributed by atoms with Gasteiger partial charge >= 0.3 is 0 Å². The van der Waals surface area contributed by atoms with E-state index in [9.17, 15) is 0 Å². The molecule has 0 unspecified atom stereocenters. The Kier molecular flexibility index (Phi) is 8.76. The molecule has 0 aliphatic heterocycles. The van der Waals surface area contributed by atoms with Gasteiger partial charge in [0.05, 0.1) is 5.52 Å². The Morgan fingerprint density at radius 1 is 0.362 bits per heavy atom. The van der Waals surface area contributed by atoms with Crippen molar-refractivity contribution in [2.45, 2.75) is 27.7 Å². The van der Waals surface area contributed by atoms with Crippen molar-refractivity contribution >= 4 is 49.6 Å². The molecule has 58 heavy (non-hydrogen) atoms. The lowest BCUT2D eigenvalue weighted by atomic mass is 9.93. The summed E-state index contributed by atoms with van der Waals surface area (Å²) in [5, 5.41) is 5.04. The van der Waals surface area contributed by atoms with Crippen molar-refractivity contribution in [3.8, 4) is 44.5 Å². The van der Waals surface area contributed by atoms with E-state index >= 15 is 0 Å². The first-order valence-electron chi connectivity index (χ1n) is 20.2. The number of aromatic amines is 1. The maximum absolute atomic E-state index is 3.85. The Labute approximate surface area is 340 Å². The molecule has 0 saturated heterocycles. The molecule has 0 aliphatic carbocycles. The van der Waals surface area contributed by atoms with Crippen LogP contribution in [-0.2, 0) is 0 Å². The van der Waals surface area contributed by atoms with Crippen LogP contribution in [0, 0.1) is 27.7 Å². The van der Waals surface area contributed by atoms with E-state index in [2.05, 4.69) is 226 Å². The van der Waals surface area contributed by atoms with Crippen LogP contribution in [0.3, 0.4) is 0 Å². The van der Waals surface area contributed by atoms with Crippen LogP contribution in [0.2, 0.25) is 0 Å². The fourth-order valence-electron chi connectivity index (χ4n) is 8.95. The highest BCUT2D eigenvalue weighted by Crippen LogP contribution is 2.44. The number of nitrogens with zero attached hydrogens (tertiary/aromatic N) is 1. The van der Waals surface area contributed by atoms with Gasteiger partial charge in [-0.25, -0.2) is 0 Å². The molecule has 0 radical (unpaired) electrons. The zero-order valence-electron chi connectivity index (χ0n) is 33.3. The quantitative estimate of drug-likeness (QED) is 0.172. The van der Waals surface area contributed by atoms with E-state index in [1.165, 1.54) is 88.3 Å². The van der Waals surface area contributed by atoms with E-state index < -0.39 is 0 Å². The number of para-hydroxylation sites is 1. The van der Waals surface area contributed by atoms with Crippen molar-refractivity contribution in [1.29, 1.82) is 0 Å². The van der Waals surface area contributed by atoms with Crippen LogP contribution < -0.4 is 4.90 Å². The number of hydrogen-bond acceptors (Lipinski definition) is 1. The summed E-state index contributed by atoms with van der Waals surface area (Å²) in [5.41, 5.74) is 20.3. The SMILES string of the molecule is Cc1ccc(-c2ccc(N(c3cc(-c4ccccc4)cc(-c4ccccc4)c3)c3ccc(C)c(-c4cccc5c4[nH]c4ccc6ccccc6c45)c3)cc2C)c(C)c1. The van der Waals surface area contributed by atoms with Gasteiger partial charge in [0, 0.05) is 38.9 Å². The number of aromatic nitrogens is 1. The first-order chi connectivity index (χ1) is 28.4. The van der Waals surface area contributed by atoms with Crippen LogP contribution in [-0.4, -0.2) is 4.98 Å². The molecule has 0 fully saturated rings. The third-order valence-corrected chi connectivity index (χ3v) is 11.8. The summed E-state index contributed by atoms with van der Waals surface area (Å²) in [5.74, 6) is 0. The van der Waals surface area contributed by atoms with Crippen LogP contribution in [0.5, 0.6) is 0 Å². The van der Waals surface area contributed by atoms with Gasteiger partial charge in [-0.1, -0.05) is 145 Å². The summed E-state index contributed by atoms with van der Waals surface area (Å²) in [4.78, 5) is 6.30. The molecule has 10 aromatic rings. The van der Waals surface area contributed by atoms with Gasteiger partial charge in [-0.05, 0) is 143 Å². The topological polar surface area (TPSA) is 19.0 Å². The predicted molar refractivity (Wildman–Crippen MR) is 249 cm³/mol. The number of rotatable bonds is 7. The molecule has 0 saturated carbocycles. The number of benzene rings is 9. The minimum absolute atomic E-state index is 1.10. The lowest BCUT2D eigenvalue weighted by molar-refractivity contribution is 1.26. The molecular weight excluding hydrogens is 701 g/mol. The van der Waals surface area contributed by atoms with Gasteiger partial charge in [-0.2, -0.15) is 0 Å². The average molecular weight is 745 g/mol. The number of aryl methyl sites for hydroxylation is 4. The third kappa shape index (κ3) is 6.24. The van der Waals surface area contributed by atoms with Gasteiger partial charge in [0.1, 0.15) is 0 Å². The molecule has 10 rings (SSSR count). The van der Waals surface area contributed by atoms with Crippen LogP contribution in [0.15, 0.2) is 188 Å². The molecular formula is C56H44N2. The van der Waals surface area contributed by atoms with Gasteiger partial charge in [-0.15, -0.1) is 0 Å². The fourth-order valence-corrected chi connectivity index (χ4v) is 8.95. The first kappa shape index (κ1) is 35.3. The first-order valence-corrected chi connectivity index (χ1v) is 20.2. The summed E-state index contributed by atoms with van der Waals surface area (Å²) >= 11 is 0. The van der Waals surface area contributed by atoms with E-state index in [1.54, 1.807) is 0 Å². The second-order valence-electron chi connectivity index (χ2n) is 15.7. The number of hydrogen-bond donors (Lipinski definition) is 1. The van der Waals surface area contributed by atoms with Crippen molar-refractivity contribution in [2.75, 3.05) is 4.90 Å². The van der Waals surface area contributed by atoms with Crippen molar-refractivity contribution in [2.24, 2.45) is 0 Å². The number of nitrogens with one attached hydrogen (secondary N) is 1. The van der Waals surface area contributed by atoms with Crippen LogP contribution in [0.4, 0.5) is 17.1 Å². The largest absolute Gasteiger partial charge is 0.354 e. The predicted octanol–water partition coefficient (Wildman–Crippen LogP) is 15.8. The summed E-state index contributed by atoms with van der Waals surface area (Å²) in [6.07, 6.45) is 0. The Morgan fingerprint density at radius 2 is 0.983 bits per heavy atom. The second-order valence-corrected chi connectivity index (χ2v) is 15.7. The number of anilines is 3. The van der Waals surface area contributed by atoms with Crippen molar-refractivity contribution in [3.05, 3.63) is 210 Å². The molecule has 0 bridgehead atoms. The minimum Gasteiger partial charge on any atom is -0.354 e. The lowest BCUT2D eigenvalue weighted by Crippen LogP contribution is -2.11. The van der Waals surface area contributed by atoms with Gasteiger partial charge in [0.25, 0.3) is 0 Å². The highest BCUT2D eigenvalue weighted by atomic mass is 15.1. The Bertz CT molecular complexity index is 3090. The van der Waals surface area contributed by atoms with Crippen molar-refractivity contribution in [3.63, 3.8) is 0 Å². The van der Waals surface area contributed by atoms with Crippen molar-refractivity contribution in [1.82, 2.24) is 4.98 Å². The maximum atomic E-state index is 3.85. The van der Waals surface area contributed by atoms with E-state index in [4.69, 9.17) is 0 Å². The van der Waals surface area contributed by atoms with Gasteiger partial charge in [0.2, 0.25) is 0 Å². The molecule has 0 atom stereocenters. The zero-order chi connectivity index (χ0) is 39.3. The fraction of sp³-hybridized carbons (Fsp3) is 0.0714. The molecule has 2 nitrogen and oxygen atoms in total.